The molecular weight excluding hydrogens is 837 g/mol. The van der Waals surface area contributed by atoms with E-state index in [4.69, 9.17) is 14.2 Å². The third-order valence-corrected chi connectivity index (χ3v) is 10.5. The van der Waals surface area contributed by atoms with Gasteiger partial charge in [0.1, 0.15) is 6.61 Å². The average Bonchev–Trinajstić information content (AvgIpc) is 3.34. The van der Waals surface area contributed by atoms with E-state index < -0.39 is 6.10 Å². The van der Waals surface area contributed by atoms with Crippen LogP contribution in [0.25, 0.3) is 0 Å². The number of esters is 2. The van der Waals surface area contributed by atoms with Crippen LogP contribution in [-0.4, -0.2) is 37.9 Å². The highest BCUT2D eigenvalue weighted by molar-refractivity contribution is 5.70. The fourth-order valence-electron chi connectivity index (χ4n) is 6.64. The molecule has 0 aromatic carbocycles. The van der Waals surface area contributed by atoms with Crippen molar-refractivity contribution in [3.8, 4) is 0 Å². The molecule has 1 atom stereocenters. The van der Waals surface area contributed by atoms with Crippen molar-refractivity contribution in [2.75, 3.05) is 19.8 Å². The summed E-state index contributed by atoms with van der Waals surface area (Å²) < 4.78 is 17.3. The van der Waals surface area contributed by atoms with Gasteiger partial charge in [-0.2, -0.15) is 0 Å². The van der Waals surface area contributed by atoms with Gasteiger partial charge in [-0.1, -0.05) is 211 Å². The van der Waals surface area contributed by atoms with Crippen LogP contribution in [0, 0.1) is 0 Å². The van der Waals surface area contributed by atoms with Gasteiger partial charge in [-0.15, -0.1) is 0 Å². The molecule has 380 valence electrons. The van der Waals surface area contributed by atoms with Crippen molar-refractivity contribution in [2.24, 2.45) is 0 Å². The highest BCUT2D eigenvalue weighted by Gasteiger charge is 2.17. The second-order valence-electron chi connectivity index (χ2n) is 17.0. The van der Waals surface area contributed by atoms with Crippen LogP contribution in [0.1, 0.15) is 201 Å². The summed E-state index contributed by atoms with van der Waals surface area (Å²) in [4.78, 5) is 25.4. The average molecular weight is 935 g/mol. The van der Waals surface area contributed by atoms with Crippen LogP contribution in [0.4, 0.5) is 0 Å². The van der Waals surface area contributed by atoms with Crippen molar-refractivity contribution in [3.05, 3.63) is 158 Å². The Kier molecular flexibility index (Phi) is 53.1. The molecule has 0 fully saturated rings. The Balaban J connectivity index is 4.49. The number of hydrogen-bond acceptors (Lipinski definition) is 5. The number of hydrogen-bond donors (Lipinski definition) is 0. The van der Waals surface area contributed by atoms with Gasteiger partial charge in [-0.05, 0) is 135 Å². The van der Waals surface area contributed by atoms with E-state index in [-0.39, 0.29) is 25.2 Å². The molecule has 0 aromatic heterocycles. The van der Waals surface area contributed by atoms with E-state index in [1.54, 1.807) is 0 Å². The summed E-state index contributed by atoms with van der Waals surface area (Å²) >= 11 is 0. The van der Waals surface area contributed by atoms with E-state index in [1.807, 2.05) is 0 Å². The molecule has 5 heteroatoms. The van der Waals surface area contributed by atoms with Gasteiger partial charge in [0.05, 0.1) is 6.61 Å². The van der Waals surface area contributed by atoms with E-state index in [0.717, 1.165) is 161 Å². The lowest BCUT2D eigenvalue weighted by Gasteiger charge is -2.18. The number of carbonyl (C=O) groups is 2. The summed E-state index contributed by atoms with van der Waals surface area (Å²) in [6, 6.07) is 0. The number of rotatable bonds is 47. The fourth-order valence-corrected chi connectivity index (χ4v) is 6.64. The molecule has 0 amide bonds. The standard InChI is InChI=1S/C63H98O5/c1-4-7-10-13-16-19-22-25-28-30-31-32-34-37-40-43-46-49-52-55-58-66-59-61(68-63(65)57-54-51-48-45-42-39-35-27-24-21-18-15-12-9-6-3)60-67-62(64)56-53-50-47-44-41-38-36-33-29-26-23-20-17-14-11-8-5-2/h7-12,16-21,25-29,31-32,35-38,40,44,47,61H,4-6,13-15,22-24,30,33-34,39,41-43,45-46,48-60H2,1-3H3/b10-7-,11-8-,12-9-,19-16-,20-17-,21-18-,28-25-,29-26-,32-31-,35-27-,38-36-,40-37-,47-44-. The van der Waals surface area contributed by atoms with Gasteiger partial charge in [-0.25, -0.2) is 0 Å². The largest absolute Gasteiger partial charge is 0.462 e. The fraction of sp³-hybridized carbons (Fsp3) is 0.556. The molecule has 68 heavy (non-hydrogen) atoms. The van der Waals surface area contributed by atoms with Gasteiger partial charge in [0.2, 0.25) is 0 Å². The minimum atomic E-state index is -0.595. The number of ether oxygens (including phenoxy) is 3. The quantitative estimate of drug-likeness (QED) is 0.0346. The Labute approximate surface area is 418 Å². The zero-order valence-corrected chi connectivity index (χ0v) is 43.6. The predicted molar refractivity (Wildman–Crippen MR) is 297 cm³/mol. The maximum absolute atomic E-state index is 12.8. The van der Waals surface area contributed by atoms with E-state index in [9.17, 15) is 9.59 Å². The van der Waals surface area contributed by atoms with E-state index in [1.165, 1.54) is 6.42 Å². The molecule has 0 saturated carbocycles. The summed E-state index contributed by atoms with van der Waals surface area (Å²) in [6.45, 7) is 7.33. The Morgan fingerprint density at radius 2 is 0.632 bits per heavy atom. The summed E-state index contributed by atoms with van der Waals surface area (Å²) in [5, 5.41) is 0. The van der Waals surface area contributed by atoms with Crippen LogP contribution >= 0.6 is 0 Å². The molecular formula is C63H98O5. The van der Waals surface area contributed by atoms with Crippen molar-refractivity contribution in [1.82, 2.24) is 0 Å². The molecule has 0 bridgehead atoms. The summed E-state index contributed by atoms with van der Waals surface area (Å²) in [6.07, 6.45) is 84.1. The third-order valence-electron chi connectivity index (χ3n) is 10.5. The second kappa shape index (κ2) is 56.8. The van der Waals surface area contributed by atoms with Crippen molar-refractivity contribution in [1.29, 1.82) is 0 Å². The first kappa shape index (κ1) is 63.5. The first-order chi connectivity index (χ1) is 33.6. The third kappa shape index (κ3) is 54.1. The van der Waals surface area contributed by atoms with Gasteiger partial charge in [0.15, 0.2) is 6.10 Å². The highest BCUT2D eigenvalue weighted by atomic mass is 16.6. The Bertz CT molecular complexity index is 1520. The maximum Gasteiger partial charge on any atom is 0.306 e. The summed E-state index contributed by atoms with van der Waals surface area (Å²) in [5.74, 6) is -0.513. The summed E-state index contributed by atoms with van der Waals surface area (Å²) in [5.41, 5.74) is 0. The topological polar surface area (TPSA) is 61.8 Å². The molecule has 5 nitrogen and oxygen atoms in total. The molecule has 0 spiro atoms. The Morgan fingerprint density at radius 1 is 0.324 bits per heavy atom. The lowest BCUT2D eigenvalue weighted by molar-refractivity contribution is -0.163. The number of unbranched alkanes of at least 4 members (excludes halogenated alkanes) is 10. The maximum atomic E-state index is 12.8. The minimum Gasteiger partial charge on any atom is -0.462 e. The van der Waals surface area contributed by atoms with Gasteiger partial charge in [0, 0.05) is 19.4 Å². The lowest BCUT2D eigenvalue weighted by atomic mass is 10.1. The first-order valence-corrected chi connectivity index (χ1v) is 27.0. The Hall–Kier alpha value is -4.48. The second-order valence-corrected chi connectivity index (χ2v) is 17.0. The van der Waals surface area contributed by atoms with Crippen molar-refractivity contribution < 1.29 is 23.8 Å². The lowest BCUT2D eigenvalue weighted by Crippen LogP contribution is -2.30. The van der Waals surface area contributed by atoms with Crippen LogP contribution in [0.5, 0.6) is 0 Å². The van der Waals surface area contributed by atoms with Crippen LogP contribution in [-0.2, 0) is 23.8 Å². The molecule has 0 rings (SSSR count). The van der Waals surface area contributed by atoms with E-state index >= 15 is 0 Å². The molecule has 0 aromatic rings. The zero-order valence-electron chi connectivity index (χ0n) is 43.6. The van der Waals surface area contributed by atoms with Gasteiger partial charge in [-0.3, -0.25) is 9.59 Å². The zero-order chi connectivity index (χ0) is 49.2. The molecule has 0 heterocycles. The van der Waals surface area contributed by atoms with Crippen molar-refractivity contribution >= 4 is 11.9 Å². The van der Waals surface area contributed by atoms with Gasteiger partial charge in [0.25, 0.3) is 0 Å². The summed E-state index contributed by atoms with van der Waals surface area (Å²) in [7, 11) is 0. The molecule has 0 aliphatic heterocycles. The van der Waals surface area contributed by atoms with Gasteiger partial charge >= 0.3 is 11.9 Å². The monoisotopic (exact) mass is 935 g/mol. The predicted octanol–water partition coefficient (Wildman–Crippen LogP) is 18.7. The van der Waals surface area contributed by atoms with Crippen LogP contribution in [0.2, 0.25) is 0 Å². The first-order valence-electron chi connectivity index (χ1n) is 27.0. The number of carbonyl (C=O) groups excluding carboxylic acids is 2. The minimum absolute atomic E-state index is 0.0265. The SMILES string of the molecule is CC/C=C\C/C=C\C/C=C\C/C=C\C/C=C\CCCCCCOCC(COC(=O)CCC/C=C\C/C=C\C/C=C\C/C=C\C/C=C\CC)OC(=O)CCCCCCC/C=C\C/C=C\C/C=C\CC. The molecule has 0 saturated heterocycles. The molecule has 0 radical (unpaired) electrons. The molecule has 0 aliphatic rings. The van der Waals surface area contributed by atoms with Crippen molar-refractivity contribution in [2.45, 2.75) is 207 Å². The van der Waals surface area contributed by atoms with Crippen LogP contribution < -0.4 is 0 Å². The van der Waals surface area contributed by atoms with Crippen molar-refractivity contribution in [3.63, 3.8) is 0 Å². The van der Waals surface area contributed by atoms with Gasteiger partial charge < -0.3 is 14.2 Å². The van der Waals surface area contributed by atoms with E-state index in [2.05, 4.69) is 179 Å². The van der Waals surface area contributed by atoms with Crippen LogP contribution in [0.15, 0.2) is 158 Å². The highest BCUT2D eigenvalue weighted by Crippen LogP contribution is 2.11. The molecule has 1 unspecified atom stereocenters. The molecule has 0 N–H and O–H groups in total. The van der Waals surface area contributed by atoms with Crippen LogP contribution in [0.3, 0.4) is 0 Å². The molecule has 0 aliphatic carbocycles. The smallest absolute Gasteiger partial charge is 0.306 e. The number of allylic oxidation sites excluding steroid dienone is 26. The Morgan fingerprint density at radius 3 is 1.03 bits per heavy atom. The van der Waals surface area contributed by atoms with E-state index in [0.29, 0.717) is 19.4 Å². The normalized spacial score (nSPS) is 13.5.